The Hall–Kier alpha value is -3.85. The summed E-state index contributed by atoms with van der Waals surface area (Å²) in [6, 6.07) is 28.5. The topological polar surface area (TPSA) is 86.8 Å². The molecule has 0 radical (unpaired) electrons. The molecule has 0 fully saturated rings. The molecule has 7 nitrogen and oxygen atoms in total. The highest BCUT2D eigenvalue weighted by Gasteiger charge is 2.35. The summed E-state index contributed by atoms with van der Waals surface area (Å²) in [6.45, 7) is 3.93. The first-order valence-electron chi connectivity index (χ1n) is 14.8. The van der Waals surface area contributed by atoms with Gasteiger partial charge in [0.2, 0.25) is 11.8 Å². The lowest BCUT2D eigenvalue weighted by Gasteiger charge is -2.34. The SMILES string of the molecule is CCCCNC(=O)C(Cc1ccccc1)N(Cc1cccc(C)c1)C(=O)CN(c1ccc(Cl)cc1Cl)S(=O)(=O)c1ccccc1. The van der Waals surface area contributed by atoms with Crippen molar-refractivity contribution in [2.45, 2.75) is 50.6 Å². The van der Waals surface area contributed by atoms with E-state index in [9.17, 15) is 18.0 Å². The first-order valence-corrected chi connectivity index (χ1v) is 17.0. The summed E-state index contributed by atoms with van der Waals surface area (Å²) in [4.78, 5) is 29.8. The Morgan fingerprint density at radius 3 is 2.16 bits per heavy atom. The van der Waals surface area contributed by atoms with Gasteiger partial charge in [-0.15, -0.1) is 0 Å². The lowest BCUT2D eigenvalue weighted by molar-refractivity contribution is -0.140. The highest BCUT2D eigenvalue weighted by molar-refractivity contribution is 7.92. The van der Waals surface area contributed by atoms with E-state index in [4.69, 9.17) is 23.2 Å². The van der Waals surface area contributed by atoms with Crippen LogP contribution in [0.25, 0.3) is 0 Å². The van der Waals surface area contributed by atoms with Gasteiger partial charge in [-0.25, -0.2) is 8.42 Å². The first kappa shape index (κ1) is 34.0. The zero-order chi connectivity index (χ0) is 32.4. The van der Waals surface area contributed by atoms with Crippen LogP contribution in [0, 0.1) is 6.92 Å². The molecule has 0 bridgehead atoms. The molecule has 0 heterocycles. The molecule has 10 heteroatoms. The highest BCUT2D eigenvalue weighted by atomic mass is 35.5. The lowest BCUT2D eigenvalue weighted by Crippen LogP contribution is -2.53. The average Bonchev–Trinajstić information content (AvgIpc) is 3.03. The lowest BCUT2D eigenvalue weighted by atomic mass is 10.0. The van der Waals surface area contributed by atoms with Crippen molar-refractivity contribution in [1.82, 2.24) is 10.2 Å². The maximum absolute atomic E-state index is 14.5. The van der Waals surface area contributed by atoms with Gasteiger partial charge in [0, 0.05) is 24.5 Å². The second-order valence-electron chi connectivity index (χ2n) is 10.8. The van der Waals surface area contributed by atoms with Crippen molar-refractivity contribution in [2.75, 3.05) is 17.4 Å². The van der Waals surface area contributed by atoms with E-state index in [-0.39, 0.29) is 34.5 Å². The van der Waals surface area contributed by atoms with E-state index in [2.05, 4.69) is 5.32 Å². The van der Waals surface area contributed by atoms with E-state index >= 15 is 0 Å². The summed E-state index contributed by atoms with van der Waals surface area (Å²) >= 11 is 12.7. The molecule has 0 aliphatic heterocycles. The zero-order valence-corrected chi connectivity index (χ0v) is 27.7. The molecule has 4 aromatic rings. The second kappa shape index (κ2) is 15.9. The third-order valence-corrected chi connectivity index (χ3v) is 9.64. The number of carbonyl (C=O) groups excluding carboxylic acids is 2. The van der Waals surface area contributed by atoms with Gasteiger partial charge in [-0.2, -0.15) is 0 Å². The van der Waals surface area contributed by atoms with E-state index in [1.165, 1.54) is 35.2 Å². The number of halogens is 2. The molecule has 0 saturated carbocycles. The summed E-state index contributed by atoms with van der Waals surface area (Å²) in [6.07, 6.45) is 1.92. The number of hydrogen-bond acceptors (Lipinski definition) is 4. The Morgan fingerprint density at radius 1 is 0.844 bits per heavy atom. The molecule has 4 aromatic carbocycles. The third kappa shape index (κ3) is 9.10. The van der Waals surface area contributed by atoms with Crippen LogP contribution < -0.4 is 9.62 Å². The van der Waals surface area contributed by atoms with Crippen LogP contribution in [0.4, 0.5) is 5.69 Å². The number of sulfonamides is 1. The summed E-state index contributed by atoms with van der Waals surface area (Å²) in [5.74, 6) is -0.871. The molecule has 236 valence electrons. The van der Waals surface area contributed by atoms with Crippen LogP contribution in [0.15, 0.2) is 108 Å². The molecule has 0 aromatic heterocycles. The molecule has 1 N–H and O–H groups in total. The van der Waals surface area contributed by atoms with Gasteiger partial charge in [0.25, 0.3) is 10.0 Å². The number of anilines is 1. The van der Waals surface area contributed by atoms with Crippen LogP contribution in [0.1, 0.15) is 36.5 Å². The summed E-state index contributed by atoms with van der Waals surface area (Å²) in [7, 11) is -4.26. The van der Waals surface area contributed by atoms with Crippen molar-refractivity contribution >= 4 is 50.7 Å². The molecule has 45 heavy (non-hydrogen) atoms. The van der Waals surface area contributed by atoms with Gasteiger partial charge in [0.05, 0.1) is 15.6 Å². The molecule has 0 spiro atoms. The fraction of sp³-hybridized carbons (Fsp3) is 0.257. The smallest absolute Gasteiger partial charge is 0.264 e. The molecule has 1 atom stereocenters. The van der Waals surface area contributed by atoms with Gasteiger partial charge in [-0.05, 0) is 54.8 Å². The van der Waals surface area contributed by atoms with Crippen LogP contribution >= 0.6 is 23.2 Å². The Balaban J connectivity index is 1.81. The van der Waals surface area contributed by atoms with Gasteiger partial charge in [-0.3, -0.25) is 13.9 Å². The minimum Gasteiger partial charge on any atom is -0.354 e. The minimum absolute atomic E-state index is 0.00723. The maximum atomic E-state index is 14.5. The van der Waals surface area contributed by atoms with Crippen molar-refractivity contribution in [3.63, 3.8) is 0 Å². The molecular formula is C35H37Cl2N3O4S. The number of rotatable bonds is 14. The quantitative estimate of drug-likeness (QED) is 0.146. The molecular weight excluding hydrogens is 629 g/mol. The Morgan fingerprint density at radius 2 is 1.51 bits per heavy atom. The van der Waals surface area contributed by atoms with E-state index in [0.717, 1.165) is 33.8 Å². The zero-order valence-electron chi connectivity index (χ0n) is 25.3. The molecule has 0 aliphatic rings. The van der Waals surface area contributed by atoms with Gasteiger partial charge in [0.15, 0.2) is 0 Å². The predicted octanol–water partition coefficient (Wildman–Crippen LogP) is 7.05. The van der Waals surface area contributed by atoms with Crippen LogP contribution in [-0.2, 0) is 32.6 Å². The van der Waals surface area contributed by atoms with E-state index < -0.39 is 28.5 Å². The monoisotopic (exact) mass is 665 g/mol. The summed E-state index contributed by atoms with van der Waals surface area (Å²) < 4.78 is 29.2. The number of amides is 2. The standard InChI is InChI=1S/C35H37Cl2N3O4S/c1-3-4-20-38-35(42)33(22-27-13-7-5-8-14-27)39(24-28-15-11-12-26(2)21-28)34(41)25-40(32-19-18-29(36)23-31(32)37)45(43,44)30-16-9-6-10-17-30/h5-19,21,23,33H,3-4,20,22,24-25H2,1-2H3,(H,38,42). The Bertz CT molecular complexity index is 1700. The van der Waals surface area contributed by atoms with Crippen LogP contribution in [0.2, 0.25) is 10.0 Å². The molecule has 0 saturated heterocycles. The summed E-state index contributed by atoms with van der Waals surface area (Å²) in [5, 5.41) is 3.38. The van der Waals surface area contributed by atoms with Crippen LogP contribution in [-0.4, -0.2) is 44.3 Å². The number of aryl methyl sites for hydroxylation is 1. The van der Waals surface area contributed by atoms with Crippen molar-refractivity contribution < 1.29 is 18.0 Å². The fourth-order valence-corrected chi connectivity index (χ4v) is 7.00. The fourth-order valence-electron chi connectivity index (χ4n) is 4.98. The van der Waals surface area contributed by atoms with Crippen LogP contribution in [0.3, 0.4) is 0 Å². The van der Waals surface area contributed by atoms with Crippen molar-refractivity contribution in [3.8, 4) is 0 Å². The van der Waals surface area contributed by atoms with Gasteiger partial charge < -0.3 is 10.2 Å². The predicted molar refractivity (Wildman–Crippen MR) is 181 cm³/mol. The molecule has 4 rings (SSSR count). The second-order valence-corrected chi connectivity index (χ2v) is 13.5. The molecule has 0 aliphatic carbocycles. The maximum Gasteiger partial charge on any atom is 0.264 e. The number of unbranched alkanes of at least 4 members (excludes halogenated alkanes) is 1. The number of nitrogens with one attached hydrogen (secondary N) is 1. The van der Waals surface area contributed by atoms with E-state index in [1.807, 2.05) is 68.4 Å². The minimum atomic E-state index is -4.26. The van der Waals surface area contributed by atoms with Crippen molar-refractivity contribution in [1.29, 1.82) is 0 Å². The van der Waals surface area contributed by atoms with Crippen LogP contribution in [0.5, 0.6) is 0 Å². The van der Waals surface area contributed by atoms with Gasteiger partial charge in [-0.1, -0.05) is 115 Å². The van der Waals surface area contributed by atoms with Crippen molar-refractivity contribution in [2.24, 2.45) is 0 Å². The number of hydrogen-bond donors (Lipinski definition) is 1. The largest absolute Gasteiger partial charge is 0.354 e. The number of nitrogens with zero attached hydrogens (tertiary/aromatic N) is 2. The molecule has 1 unspecified atom stereocenters. The Labute approximate surface area is 275 Å². The number of benzene rings is 4. The van der Waals surface area contributed by atoms with E-state index in [0.29, 0.717) is 11.6 Å². The normalized spacial score (nSPS) is 11.9. The van der Waals surface area contributed by atoms with Gasteiger partial charge >= 0.3 is 0 Å². The first-order chi connectivity index (χ1) is 21.6. The summed E-state index contributed by atoms with van der Waals surface area (Å²) in [5.41, 5.74) is 2.77. The Kier molecular flexibility index (Phi) is 12.0. The van der Waals surface area contributed by atoms with Crippen molar-refractivity contribution in [3.05, 3.63) is 130 Å². The molecule has 2 amide bonds. The third-order valence-electron chi connectivity index (χ3n) is 7.32. The van der Waals surface area contributed by atoms with Gasteiger partial charge in [0.1, 0.15) is 12.6 Å². The highest BCUT2D eigenvalue weighted by Crippen LogP contribution is 2.33. The van der Waals surface area contributed by atoms with E-state index in [1.54, 1.807) is 18.2 Å². The average molecular weight is 667 g/mol. The number of carbonyl (C=O) groups is 2.